The molecule has 33 heavy (non-hydrogen) atoms. The molecule has 4 rings (SSSR count). The summed E-state index contributed by atoms with van der Waals surface area (Å²) >= 11 is 6.08. The summed E-state index contributed by atoms with van der Waals surface area (Å²) in [6.45, 7) is 0. The van der Waals surface area contributed by atoms with Crippen LogP contribution in [0.2, 0.25) is 5.02 Å². The Morgan fingerprint density at radius 1 is 1.06 bits per heavy atom. The number of carbonyl (C=O) groups excluding carboxylic acids is 1. The summed E-state index contributed by atoms with van der Waals surface area (Å²) in [6.07, 6.45) is -1.75. The lowest BCUT2D eigenvalue weighted by Crippen LogP contribution is -2.40. The summed E-state index contributed by atoms with van der Waals surface area (Å²) in [5.41, 5.74) is 0.114. The molecule has 0 bridgehead atoms. The summed E-state index contributed by atoms with van der Waals surface area (Å²) in [5, 5.41) is 7.26. The van der Waals surface area contributed by atoms with Gasteiger partial charge in [-0.3, -0.25) is 4.79 Å². The minimum atomic E-state index is -4.55. The third-order valence-corrected chi connectivity index (χ3v) is 6.07. The topological polar surface area (TPSA) is 63.2 Å². The first kappa shape index (κ1) is 23.2. The molecule has 2 aromatic carbocycles. The van der Waals surface area contributed by atoms with Crippen LogP contribution < -0.4 is 15.4 Å². The number of nitrogens with one attached hydrogen (secondary N) is 2. The zero-order valence-electron chi connectivity index (χ0n) is 17.9. The quantitative estimate of drug-likeness (QED) is 0.468. The number of nitrogens with zero attached hydrogens (tertiary/aromatic N) is 1. The number of amides is 1. The Labute approximate surface area is 194 Å². The normalized spacial score (nSPS) is 18.7. The lowest BCUT2D eigenvalue weighted by Gasteiger charge is -2.31. The maximum Gasteiger partial charge on any atom is 0.433 e. The molecule has 1 fully saturated rings. The van der Waals surface area contributed by atoms with Gasteiger partial charge in [-0.05, 0) is 62.1 Å². The van der Waals surface area contributed by atoms with E-state index in [0.29, 0.717) is 53.1 Å². The van der Waals surface area contributed by atoms with Gasteiger partial charge in [-0.1, -0.05) is 23.7 Å². The highest BCUT2D eigenvalue weighted by molar-refractivity contribution is 6.31. The number of carbonyl (C=O) groups is 1. The van der Waals surface area contributed by atoms with Crippen molar-refractivity contribution in [3.8, 4) is 5.75 Å². The summed E-state index contributed by atoms with van der Waals surface area (Å²) in [4.78, 5) is 16.4. The van der Waals surface area contributed by atoms with Gasteiger partial charge in [-0.25, -0.2) is 4.98 Å². The fourth-order valence-electron chi connectivity index (χ4n) is 4.16. The number of alkyl halides is 3. The molecule has 1 aliphatic rings. The van der Waals surface area contributed by atoms with E-state index in [-0.39, 0.29) is 23.5 Å². The number of halogens is 4. The number of ether oxygens (including phenoxy) is 1. The average Bonchev–Trinajstić information content (AvgIpc) is 2.79. The first-order chi connectivity index (χ1) is 15.7. The predicted molar refractivity (Wildman–Crippen MR) is 122 cm³/mol. The molecular formula is C24H23ClF3N3O2. The van der Waals surface area contributed by atoms with Crippen LogP contribution in [0.3, 0.4) is 0 Å². The molecule has 5 nitrogen and oxygen atoms in total. The molecule has 1 amide bonds. The van der Waals surface area contributed by atoms with Crippen LogP contribution in [0.1, 0.15) is 41.7 Å². The third-order valence-electron chi connectivity index (χ3n) is 5.83. The maximum atomic E-state index is 13.4. The molecule has 0 radical (unpaired) electrons. The molecule has 1 aliphatic carbocycles. The summed E-state index contributed by atoms with van der Waals surface area (Å²) in [7, 11) is 1.52. The van der Waals surface area contributed by atoms with Crippen molar-refractivity contribution in [1.29, 1.82) is 0 Å². The van der Waals surface area contributed by atoms with E-state index in [4.69, 9.17) is 16.3 Å². The van der Waals surface area contributed by atoms with Crippen LogP contribution in [0.4, 0.5) is 18.9 Å². The van der Waals surface area contributed by atoms with Gasteiger partial charge < -0.3 is 15.4 Å². The maximum absolute atomic E-state index is 13.4. The third kappa shape index (κ3) is 5.33. The number of para-hydroxylation sites is 1. The van der Waals surface area contributed by atoms with Gasteiger partial charge in [0.1, 0.15) is 11.4 Å². The molecule has 3 aromatic rings. The number of methoxy groups -OCH3 is 1. The van der Waals surface area contributed by atoms with E-state index in [1.54, 1.807) is 30.3 Å². The number of hydrogen-bond donors (Lipinski definition) is 2. The summed E-state index contributed by atoms with van der Waals surface area (Å²) < 4.78 is 45.3. The first-order valence-corrected chi connectivity index (χ1v) is 11.0. The Kier molecular flexibility index (Phi) is 6.65. The monoisotopic (exact) mass is 477 g/mol. The standard InChI is InChI=1S/C24H23ClF3N3O2/c1-33-21-5-3-2-4-17(21)23(32)30-16-9-7-15(8-10-16)29-20-13-22(24(26,27)28)31-19-11-6-14(25)12-18(19)20/h2-6,11-13,15-16H,7-10H2,1H3,(H,29,31)(H,30,32). The molecule has 9 heteroatoms. The van der Waals surface area contributed by atoms with Crippen molar-refractivity contribution in [3.05, 3.63) is 64.8 Å². The Bertz CT molecular complexity index is 1160. The van der Waals surface area contributed by atoms with E-state index in [1.807, 2.05) is 0 Å². The van der Waals surface area contributed by atoms with Crippen molar-refractivity contribution in [3.63, 3.8) is 0 Å². The van der Waals surface area contributed by atoms with Crippen LogP contribution in [-0.2, 0) is 6.18 Å². The average molecular weight is 478 g/mol. The number of rotatable bonds is 5. The van der Waals surface area contributed by atoms with Crippen LogP contribution in [-0.4, -0.2) is 30.1 Å². The second-order valence-electron chi connectivity index (χ2n) is 8.08. The Morgan fingerprint density at radius 2 is 1.76 bits per heavy atom. The second kappa shape index (κ2) is 9.47. The SMILES string of the molecule is COc1ccccc1C(=O)NC1CCC(Nc2cc(C(F)(F)F)nc3ccc(Cl)cc23)CC1. The highest BCUT2D eigenvalue weighted by Gasteiger charge is 2.34. The van der Waals surface area contributed by atoms with Gasteiger partial charge in [0.25, 0.3) is 5.91 Å². The van der Waals surface area contributed by atoms with Crippen molar-refractivity contribution in [2.75, 3.05) is 12.4 Å². The van der Waals surface area contributed by atoms with Crippen molar-refractivity contribution in [2.45, 2.75) is 43.9 Å². The highest BCUT2D eigenvalue weighted by Crippen LogP contribution is 2.35. The molecule has 2 N–H and O–H groups in total. The molecule has 1 heterocycles. The van der Waals surface area contributed by atoms with E-state index in [0.717, 1.165) is 6.07 Å². The van der Waals surface area contributed by atoms with E-state index in [9.17, 15) is 18.0 Å². The van der Waals surface area contributed by atoms with Gasteiger partial charge in [-0.2, -0.15) is 13.2 Å². The molecule has 174 valence electrons. The van der Waals surface area contributed by atoms with Gasteiger partial charge in [0.05, 0.1) is 18.2 Å². The van der Waals surface area contributed by atoms with Gasteiger partial charge in [0.15, 0.2) is 0 Å². The lowest BCUT2D eigenvalue weighted by atomic mass is 9.90. The first-order valence-electron chi connectivity index (χ1n) is 10.6. The van der Waals surface area contributed by atoms with Crippen LogP contribution in [0, 0.1) is 0 Å². The van der Waals surface area contributed by atoms with Gasteiger partial charge >= 0.3 is 6.18 Å². The molecule has 0 spiro atoms. The van der Waals surface area contributed by atoms with Crippen LogP contribution in [0.5, 0.6) is 5.75 Å². The second-order valence-corrected chi connectivity index (χ2v) is 8.52. The van der Waals surface area contributed by atoms with Crippen molar-refractivity contribution >= 4 is 34.1 Å². The van der Waals surface area contributed by atoms with Crippen LogP contribution >= 0.6 is 11.6 Å². The van der Waals surface area contributed by atoms with E-state index in [2.05, 4.69) is 15.6 Å². The fraction of sp³-hybridized carbons (Fsp3) is 0.333. The number of hydrogen-bond acceptors (Lipinski definition) is 4. The molecule has 0 unspecified atom stereocenters. The van der Waals surface area contributed by atoms with Crippen molar-refractivity contribution < 1.29 is 22.7 Å². The molecule has 1 saturated carbocycles. The van der Waals surface area contributed by atoms with Crippen molar-refractivity contribution in [1.82, 2.24) is 10.3 Å². The lowest BCUT2D eigenvalue weighted by molar-refractivity contribution is -0.140. The number of anilines is 1. The number of benzene rings is 2. The predicted octanol–water partition coefficient (Wildman–Crippen LogP) is 6.07. The summed E-state index contributed by atoms with van der Waals surface area (Å²) in [5.74, 6) is 0.308. The van der Waals surface area contributed by atoms with E-state index < -0.39 is 11.9 Å². The van der Waals surface area contributed by atoms with Gasteiger partial charge in [0, 0.05) is 28.2 Å². The van der Waals surface area contributed by atoms with E-state index >= 15 is 0 Å². The Morgan fingerprint density at radius 3 is 2.45 bits per heavy atom. The van der Waals surface area contributed by atoms with Crippen molar-refractivity contribution in [2.24, 2.45) is 0 Å². The number of pyridine rings is 1. The number of fused-ring (bicyclic) bond motifs is 1. The van der Waals surface area contributed by atoms with Crippen LogP contribution in [0.25, 0.3) is 10.9 Å². The van der Waals surface area contributed by atoms with Crippen LogP contribution in [0.15, 0.2) is 48.5 Å². The molecule has 1 aromatic heterocycles. The van der Waals surface area contributed by atoms with Gasteiger partial charge in [-0.15, -0.1) is 0 Å². The Balaban J connectivity index is 1.45. The minimum Gasteiger partial charge on any atom is -0.496 e. The smallest absolute Gasteiger partial charge is 0.433 e. The number of aromatic nitrogens is 1. The molecular weight excluding hydrogens is 455 g/mol. The fourth-order valence-corrected chi connectivity index (χ4v) is 4.33. The minimum absolute atomic E-state index is 0.0187. The molecule has 0 aliphatic heterocycles. The molecule has 0 atom stereocenters. The largest absolute Gasteiger partial charge is 0.496 e. The zero-order chi connectivity index (χ0) is 23.6. The highest BCUT2D eigenvalue weighted by atomic mass is 35.5. The van der Waals surface area contributed by atoms with E-state index in [1.165, 1.54) is 19.2 Å². The Hall–Kier alpha value is -3.00. The molecule has 0 saturated heterocycles. The zero-order valence-corrected chi connectivity index (χ0v) is 18.6. The van der Waals surface area contributed by atoms with Gasteiger partial charge in [0.2, 0.25) is 0 Å². The summed E-state index contributed by atoms with van der Waals surface area (Å²) in [6, 6.07) is 12.6.